The van der Waals surface area contributed by atoms with E-state index in [1.54, 1.807) is 0 Å². The molecule has 216 valence electrons. The summed E-state index contributed by atoms with van der Waals surface area (Å²) in [6, 6.07) is 10.7. The zero-order valence-corrected chi connectivity index (χ0v) is 23.4. The average molecular weight is 571 g/mol. The molecular weight excluding hydrogens is 533 g/mol. The van der Waals surface area contributed by atoms with Crippen molar-refractivity contribution in [2.75, 3.05) is 20.1 Å². The number of likely N-dealkylation sites (N-methyl/N-ethyl adjacent to an activating group) is 1. The molecule has 2 aromatic carbocycles. The molecule has 0 aliphatic heterocycles. The summed E-state index contributed by atoms with van der Waals surface area (Å²) in [6.45, 7) is 5.22. The van der Waals surface area contributed by atoms with Crippen LogP contribution in [0.5, 0.6) is 0 Å². The molecule has 0 heterocycles. The van der Waals surface area contributed by atoms with Gasteiger partial charge in [0.1, 0.15) is 0 Å². The Bertz CT molecular complexity index is 1260. The number of benzene rings is 2. The highest BCUT2D eigenvalue weighted by atomic mass is 32.2. The Morgan fingerprint density at radius 2 is 1.72 bits per heavy atom. The Balaban J connectivity index is 1.66. The van der Waals surface area contributed by atoms with Gasteiger partial charge in [0, 0.05) is 25.7 Å². The second kappa shape index (κ2) is 12.0. The Labute approximate surface area is 228 Å². The summed E-state index contributed by atoms with van der Waals surface area (Å²) in [5.74, 6) is -1.60. The number of aliphatic hydroxyl groups excluding tert-OH is 1. The number of hydrogen-bond acceptors (Lipinski definition) is 5. The third kappa shape index (κ3) is 8.26. The number of sulfonamides is 1. The minimum Gasteiger partial charge on any atom is -0.481 e. The van der Waals surface area contributed by atoms with E-state index in [2.05, 4.69) is 17.4 Å². The molecule has 0 fully saturated rings. The number of carboxylic acid groups (broad SMARTS) is 1. The lowest BCUT2D eigenvalue weighted by Crippen LogP contribution is -2.47. The fourth-order valence-electron chi connectivity index (χ4n) is 5.22. The van der Waals surface area contributed by atoms with Gasteiger partial charge >= 0.3 is 12.1 Å². The average Bonchev–Trinajstić information content (AvgIpc) is 3.23. The zero-order chi connectivity index (χ0) is 29.2. The van der Waals surface area contributed by atoms with Crippen molar-refractivity contribution in [1.82, 2.24) is 9.62 Å². The second-order valence-electron chi connectivity index (χ2n) is 11.2. The van der Waals surface area contributed by atoms with E-state index in [-0.39, 0.29) is 24.2 Å². The standard InChI is InChI=1S/C28H37F3N2O5S/c1-18(9-26(35)36)22-12-23(28(29,30)31)14-25(13-22)39(37,38)33(4)17-24(34)16-32-27(2,3)15-19-10-20-7-5-6-8-21(20)11-19/h5-8,12-14,18-19,24,32,34H,9-11,15-17H2,1-4H3,(H,35,36). The number of β-amino-alcohol motifs (C(OH)–C–C–N with tert-alkyl or cyclic N) is 1. The van der Waals surface area contributed by atoms with Crippen LogP contribution < -0.4 is 5.32 Å². The number of aliphatic hydroxyl groups is 1. The molecule has 0 aromatic heterocycles. The number of hydrogen-bond donors (Lipinski definition) is 3. The molecule has 39 heavy (non-hydrogen) atoms. The van der Waals surface area contributed by atoms with Gasteiger partial charge in [0.05, 0.1) is 23.0 Å². The van der Waals surface area contributed by atoms with Gasteiger partial charge in [-0.25, -0.2) is 8.42 Å². The van der Waals surface area contributed by atoms with Gasteiger partial charge < -0.3 is 15.5 Å². The van der Waals surface area contributed by atoms with Crippen molar-refractivity contribution in [1.29, 1.82) is 0 Å². The van der Waals surface area contributed by atoms with Crippen molar-refractivity contribution in [2.24, 2.45) is 5.92 Å². The molecule has 0 bridgehead atoms. The van der Waals surface area contributed by atoms with E-state index in [0.29, 0.717) is 12.0 Å². The SMILES string of the molecule is CC(CC(=O)O)c1cc(C(F)(F)F)cc(S(=O)(=O)N(C)CC(O)CNC(C)(C)CC2Cc3ccccc3C2)c1. The number of halogens is 3. The predicted octanol–water partition coefficient (Wildman–Crippen LogP) is 4.44. The Morgan fingerprint density at radius 3 is 2.26 bits per heavy atom. The molecule has 0 spiro atoms. The van der Waals surface area contributed by atoms with Gasteiger partial charge in [-0.15, -0.1) is 0 Å². The first-order valence-electron chi connectivity index (χ1n) is 12.9. The van der Waals surface area contributed by atoms with Gasteiger partial charge in [0.15, 0.2) is 0 Å². The summed E-state index contributed by atoms with van der Waals surface area (Å²) in [5.41, 5.74) is 1.14. The van der Waals surface area contributed by atoms with Gasteiger partial charge in [-0.05, 0) is 79.8 Å². The summed E-state index contributed by atoms with van der Waals surface area (Å²) >= 11 is 0. The number of fused-ring (bicyclic) bond motifs is 1. The van der Waals surface area contributed by atoms with Gasteiger partial charge in [0.2, 0.25) is 10.0 Å². The molecule has 1 aliphatic carbocycles. The summed E-state index contributed by atoms with van der Waals surface area (Å²) in [5, 5.41) is 22.9. The maximum absolute atomic E-state index is 13.5. The fourth-order valence-corrected chi connectivity index (χ4v) is 6.51. The molecule has 7 nitrogen and oxygen atoms in total. The number of aliphatic carboxylic acids is 1. The molecule has 3 rings (SSSR count). The smallest absolute Gasteiger partial charge is 0.416 e. The van der Waals surface area contributed by atoms with Crippen molar-refractivity contribution in [2.45, 2.75) is 75.1 Å². The molecule has 1 aliphatic rings. The lowest BCUT2D eigenvalue weighted by atomic mass is 9.88. The van der Waals surface area contributed by atoms with E-state index in [4.69, 9.17) is 5.11 Å². The van der Waals surface area contributed by atoms with E-state index >= 15 is 0 Å². The number of carbonyl (C=O) groups is 1. The van der Waals surface area contributed by atoms with E-state index < -0.39 is 51.1 Å². The van der Waals surface area contributed by atoms with Gasteiger partial charge in [-0.1, -0.05) is 31.2 Å². The lowest BCUT2D eigenvalue weighted by Gasteiger charge is -2.31. The minimum absolute atomic E-state index is 0.0442. The molecule has 11 heteroatoms. The van der Waals surface area contributed by atoms with Crippen LogP contribution in [0.3, 0.4) is 0 Å². The Kier molecular flexibility index (Phi) is 9.52. The predicted molar refractivity (Wildman–Crippen MR) is 142 cm³/mol. The van der Waals surface area contributed by atoms with Crippen LogP contribution in [0.2, 0.25) is 0 Å². The maximum Gasteiger partial charge on any atom is 0.416 e. The van der Waals surface area contributed by atoms with Crippen LogP contribution in [0.1, 0.15) is 61.8 Å². The van der Waals surface area contributed by atoms with Crippen molar-refractivity contribution in [3.8, 4) is 0 Å². The summed E-state index contributed by atoms with van der Waals surface area (Å²) in [6.07, 6.45) is -3.57. The molecule has 3 N–H and O–H groups in total. The number of alkyl halides is 3. The van der Waals surface area contributed by atoms with Gasteiger partial charge in [-0.2, -0.15) is 17.5 Å². The molecular formula is C28H37F3N2O5S. The molecule has 0 saturated carbocycles. The van der Waals surface area contributed by atoms with Crippen LogP contribution in [-0.4, -0.2) is 60.7 Å². The fraction of sp³-hybridized carbons (Fsp3) is 0.536. The number of nitrogens with zero attached hydrogens (tertiary/aromatic N) is 1. The van der Waals surface area contributed by atoms with Crippen LogP contribution in [0, 0.1) is 5.92 Å². The van der Waals surface area contributed by atoms with Crippen molar-refractivity contribution in [3.63, 3.8) is 0 Å². The van der Waals surface area contributed by atoms with Crippen LogP contribution in [0.25, 0.3) is 0 Å². The first-order valence-corrected chi connectivity index (χ1v) is 14.3. The highest BCUT2D eigenvalue weighted by Crippen LogP contribution is 2.35. The quantitative estimate of drug-likeness (QED) is 0.349. The molecule has 2 unspecified atom stereocenters. The molecule has 0 amide bonds. The third-order valence-electron chi connectivity index (χ3n) is 7.23. The van der Waals surface area contributed by atoms with Crippen LogP contribution >= 0.6 is 0 Å². The number of nitrogens with one attached hydrogen (secondary N) is 1. The van der Waals surface area contributed by atoms with Gasteiger partial charge in [-0.3, -0.25) is 4.79 Å². The van der Waals surface area contributed by atoms with Crippen LogP contribution in [-0.2, 0) is 33.8 Å². The summed E-state index contributed by atoms with van der Waals surface area (Å²) in [4.78, 5) is 10.5. The number of carboxylic acids is 1. The third-order valence-corrected chi connectivity index (χ3v) is 9.03. The van der Waals surface area contributed by atoms with Crippen LogP contribution in [0.15, 0.2) is 47.4 Å². The van der Waals surface area contributed by atoms with E-state index in [1.165, 1.54) is 25.1 Å². The molecule has 2 atom stereocenters. The normalized spacial score (nSPS) is 16.3. The molecule has 2 aromatic rings. The Hall–Kier alpha value is -2.47. The largest absolute Gasteiger partial charge is 0.481 e. The summed E-state index contributed by atoms with van der Waals surface area (Å²) < 4.78 is 67.8. The molecule has 0 saturated heterocycles. The highest BCUT2D eigenvalue weighted by molar-refractivity contribution is 7.89. The monoisotopic (exact) mass is 570 g/mol. The second-order valence-corrected chi connectivity index (χ2v) is 13.3. The van der Waals surface area contributed by atoms with Gasteiger partial charge in [0.25, 0.3) is 0 Å². The van der Waals surface area contributed by atoms with E-state index in [1.807, 2.05) is 26.0 Å². The lowest BCUT2D eigenvalue weighted by molar-refractivity contribution is -0.138. The van der Waals surface area contributed by atoms with E-state index in [0.717, 1.165) is 35.7 Å². The van der Waals surface area contributed by atoms with Crippen molar-refractivity contribution in [3.05, 3.63) is 64.7 Å². The first kappa shape index (κ1) is 31.1. The maximum atomic E-state index is 13.5. The highest BCUT2D eigenvalue weighted by Gasteiger charge is 2.35. The van der Waals surface area contributed by atoms with E-state index in [9.17, 15) is 31.5 Å². The number of rotatable bonds is 12. The van der Waals surface area contributed by atoms with Crippen molar-refractivity contribution >= 4 is 16.0 Å². The minimum atomic E-state index is -4.82. The Morgan fingerprint density at radius 1 is 1.13 bits per heavy atom. The topological polar surface area (TPSA) is 107 Å². The zero-order valence-electron chi connectivity index (χ0n) is 22.6. The first-order chi connectivity index (χ1) is 18.0. The van der Waals surface area contributed by atoms with Crippen LogP contribution in [0.4, 0.5) is 13.2 Å². The summed E-state index contributed by atoms with van der Waals surface area (Å²) in [7, 11) is -3.21. The van der Waals surface area contributed by atoms with Crippen molar-refractivity contribution < 1.29 is 36.6 Å². The molecule has 0 radical (unpaired) electrons.